The Hall–Kier alpha value is -1.30. The highest BCUT2D eigenvalue weighted by atomic mass is 35.5. The van der Waals surface area contributed by atoms with Crippen LogP contribution in [0.3, 0.4) is 0 Å². The maximum atomic E-state index is 12.0. The van der Waals surface area contributed by atoms with Gasteiger partial charge >= 0.3 is 0 Å². The summed E-state index contributed by atoms with van der Waals surface area (Å²) in [5, 5.41) is 2.89. The second kappa shape index (κ2) is 8.52. The molecule has 128 valence electrons. The van der Waals surface area contributed by atoms with Crippen molar-refractivity contribution in [3.05, 3.63) is 29.8 Å². The Morgan fingerprint density at radius 2 is 2.04 bits per heavy atom. The highest BCUT2D eigenvalue weighted by Gasteiger charge is 2.28. The van der Waals surface area contributed by atoms with Crippen LogP contribution in [0.5, 0.6) is 5.75 Å². The fraction of sp³-hybridized carbons (Fsp3) is 0.588. The van der Waals surface area contributed by atoms with Crippen LogP contribution in [0.1, 0.15) is 36.0 Å². The maximum absolute atomic E-state index is 12.0. The smallest absolute Gasteiger partial charge is 0.251 e. The van der Waals surface area contributed by atoms with Gasteiger partial charge in [-0.05, 0) is 55.9 Å². The lowest BCUT2D eigenvalue weighted by atomic mass is 10.1. The molecule has 1 heterocycles. The largest absolute Gasteiger partial charge is 0.491 e. The van der Waals surface area contributed by atoms with Gasteiger partial charge in [0.1, 0.15) is 12.4 Å². The summed E-state index contributed by atoms with van der Waals surface area (Å²) in [6.45, 7) is 1.94. The molecule has 1 aromatic carbocycles. The number of hydrogen-bond acceptors (Lipinski definition) is 4. The first-order chi connectivity index (χ1) is 10.7. The molecule has 1 aromatic rings. The summed E-state index contributed by atoms with van der Waals surface area (Å²) in [6.07, 6.45) is 4.74. The van der Waals surface area contributed by atoms with Crippen LogP contribution in [0.4, 0.5) is 0 Å². The van der Waals surface area contributed by atoms with Gasteiger partial charge < -0.3 is 20.5 Å². The standard InChI is InChI=1S/C17H24N2O3.ClH/c18-16(12-3-4-12)10-19-17(20)13-5-7-14(8-6-13)22-11-15-2-1-9-21-15;/h5-8,12,15-16H,1-4,9-11,18H2,(H,19,20);1H. The minimum atomic E-state index is -0.0817. The second-order valence-corrected chi connectivity index (χ2v) is 6.18. The molecule has 0 aromatic heterocycles. The number of nitrogens with two attached hydrogens (primary N) is 1. The Balaban J connectivity index is 0.00000192. The van der Waals surface area contributed by atoms with Crippen LogP contribution in [0.15, 0.2) is 24.3 Å². The molecule has 6 heteroatoms. The monoisotopic (exact) mass is 340 g/mol. The topological polar surface area (TPSA) is 73.6 Å². The van der Waals surface area contributed by atoms with Gasteiger partial charge in [0.2, 0.25) is 0 Å². The fourth-order valence-electron chi connectivity index (χ4n) is 2.67. The van der Waals surface area contributed by atoms with Crippen LogP contribution in [-0.4, -0.2) is 37.8 Å². The van der Waals surface area contributed by atoms with E-state index < -0.39 is 0 Å². The van der Waals surface area contributed by atoms with E-state index in [1.807, 2.05) is 12.1 Å². The molecule has 0 radical (unpaired) electrons. The molecule has 3 N–H and O–H groups in total. The number of halogens is 1. The van der Waals surface area contributed by atoms with E-state index in [4.69, 9.17) is 15.2 Å². The summed E-state index contributed by atoms with van der Waals surface area (Å²) in [5.74, 6) is 1.28. The Morgan fingerprint density at radius 1 is 1.30 bits per heavy atom. The predicted molar refractivity (Wildman–Crippen MR) is 91.2 cm³/mol. The molecule has 5 nitrogen and oxygen atoms in total. The second-order valence-electron chi connectivity index (χ2n) is 6.18. The zero-order chi connectivity index (χ0) is 15.4. The summed E-state index contributed by atoms with van der Waals surface area (Å²) in [4.78, 5) is 12.0. The predicted octanol–water partition coefficient (Wildman–Crippen LogP) is 2.13. The molecule has 3 rings (SSSR count). The van der Waals surface area contributed by atoms with E-state index in [1.54, 1.807) is 12.1 Å². The Kier molecular flexibility index (Phi) is 6.69. The van der Waals surface area contributed by atoms with Gasteiger partial charge in [-0.25, -0.2) is 0 Å². The van der Waals surface area contributed by atoms with E-state index in [1.165, 1.54) is 12.8 Å². The van der Waals surface area contributed by atoms with Crippen LogP contribution in [0.25, 0.3) is 0 Å². The SMILES string of the molecule is Cl.NC(CNC(=O)c1ccc(OCC2CCCO2)cc1)C1CC1. The summed E-state index contributed by atoms with van der Waals surface area (Å²) < 4.78 is 11.2. The van der Waals surface area contributed by atoms with Crippen molar-refractivity contribution >= 4 is 18.3 Å². The fourth-order valence-corrected chi connectivity index (χ4v) is 2.67. The third kappa shape index (κ3) is 5.37. The number of ether oxygens (including phenoxy) is 2. The molecule has 0 bridgehead atoms. The van der Waals surface area contributed by atoms with Gasteiger partial charge in [-0.2, -0.15) is 0 Å². The van der Waals surface area contributed by atoms with Crippen molar-refractivity contribution < 1.29 is 14.3 Å². The van der Waals surface area contributed by atoms with Gasteiger partial charge in [-0.15, -0.1) is 12.4 Å². The summed E-state index contributed by atoms with van der Waals surface area (Å²) >= 11 is 0. The minimum Gasteiger partial charge on any atom is -0.491 e. The van der Waals surface area contributed by atoms with Gasteiger partial charge in [0.15, 0.2) is 0 Å². The van der Waals surface area contributed by atoms with Gasteiger partial charge in [0.25, 0.3) is 5.91 Å². The lowest BCUT2D eigenvalue weighted by molar-refractivity contribution is 0.0679. The van der Waals surface area contributed by atoms with Crippen LogP contribution >= 0.6 is 12.4 Å². The maximum Gasteiger partial charge on any atom is 0.251 e. The first-order valence-corrected chi connectivity index (χ1v) is 8.10. The van der Waals surface area contributed by atoms with Crippen molar-refractivity contribution in [2.45, 2.75) is 37.8 Å². The molecule has 1 saturated heterocycles. The zero-order valence-electron chi connectivity index (χ0n) is 13.2. The number of nitrogens with one attached hydrogen (secondary N) is 1. The van der Waals surface area contributed by atoms with Crippen molar-refractivity contribution in [3.63, 3.8) is 0 Å². The lowest BCUT2D eigenvalue weighted by Crippen LogP contribution is -2.38. The normalized spacial score (nSPS) is 21.3. The summed E-state index contributed by atoms with van der Waals surface area (Å²) in [5.41, 5.74) is 6.61. The molecular weight excluding hydrogens is 316 g/mol. The number of carbonyl (C=O) groups excluding carboxylic acids is 1. The molecule has 2 aliphatic rings. The zero-order valence-corrected chi connectivity index (χ0v) is 14.0. The first-order valence-electron chi connectivity index (χ1n) is 8.10. The van der Waals surface area contributed by atoms with E-state index in [0.29, 0.717) is 24.6 Å². The number of benzene rings is 1. The van der Waals surface area contributed by atoms with E-state index in [9.17, 15) is 4.79 Å². The van der Waals surface area contributed by atoms with Crippen molar-refractivity contribution in [2.24, 2.45) is 11.7 Å². The Morgan fingerprint density at radius 3 is 2.65 bits per heavy atom. The third-order valence-electron chi connectivity index (χ3n) is 4.30. The van der Waals surface area contributed by atoms with E-state index in [2.05, 4.69) is 5.32 Å². The molecule has 2 unspecified atom stereocenters. The molecular formula is C17H25ClN2O3. The third-order valence-corrected chi connectivity index (χ3v) is 4.30. The molecule has 2 atom stereocenters. The van der Waals surface area contributed by atoms with Gasteiger partial charge in [-0.3, -0.25) is 4.79 Å². The Bertz CT molecular complexity index is 499. The van der Waals surface area contributed by atoms with Gasteiger partial charge in [-0.1, -0.05) is 0 Å². The average Bonchev–Trinajstić information content (AvgIpc) is 3.27. The van der Waals surface area contributed by atoms with E-state index >= 15 is 0 Å². The summed E-state index contributed by atoms with van der Waals surface area (Å²) in [6, 6.07) is 7.29. The highest BCUT2D eigenvalue weighted by Crippen LogP contribution is 2.31. The molecule has 2 fully saturated rings. The van der Waals surface area contributed by atoms with Crippen LogP contribution < -0.4 is 15.8 Å². The first kappa shape index (κ1) is 18.0. The lowest BCUT2D eigenvalue weighted by Gasteiger charge is -2.13. The number of rotatable bonds is 7. The number of amides is 1. The van der Waals surface area contributed by atoms with E-state index in [0.717, 1.165) is 25.2 Å². The van der Waals surface area contributed by atoms with Crippen LogP contribution in [-0.2, 0) is 4.74 Å². The molecule has 0 spiro atoms. The molecule has 1 aliphatic heterocycles. The van der Waals surface area contributed by atoms with E-state index in [-0.39, 0.29) is 30.5 Å². The van der Waals surface area contributed by atoms with Crippen LogP contribution in [0, 0.1) is 5.92 Å². The van der Waals surface area contributed by atoms with Crippen molar-refractivity contribution in [1.29, 1.82) is 0 Å². The molecule has 1 aliphatic carbocycles. The number of carbonyl (C=O) groups is 1. The van der Waals surface area contributed by atoms with Crippen molar-refractivity contribution in [1.82, 2.24) is 5.32 Å². The number of hydrogen-bond donors (Lipinski definition) is 2. The summed E-state index contributed by atoms with van der Waals surface area (Å²) in [7, 11) is 0. The molecule has 1 saturated carbocycles. The minimum absolute atomic E-state index is 0. The highest BCUT2D eigenvalue weighted by molar-refractivity contribution is 5.94. The molecule has 23 heavy (non-hydrogen) atoms. The van der Waals surface area contributed by atoms with Gasteiger partial charge in [0, 0.05) is 24.8 Å². The van der Waals surface area contributed by atoms with Crippen molar-refractivity contribution in [3.8, 4) is 5.75 Å². The Labute approximate surface area is 143 Å². The van der Waals surface area contributed by atoms with Crippen LogP contribution in [0.2, 0.25) is 0 Å². The van der Waals surface area contributed by atoms with Gasteiger partial charge in [0.05, 0.1) is 6.10 Å². The quantitative estimate of drug-likeness (QED) is 0.797. The average molecular weight is 341 g/mol. The molecule has 1 amide bonds. The van der Waals surface area contributed by atoms with Crippen molar-refractivity contribution in [2.75, 3.05) is 19.8 Å².